The zero-order valence-corrected chi connectivity index (χ0v) is 11.8. The predicted molar refractivity (Wildman–Crippen MR) is 76.2 cm³/mol. The summed E-state index contributed by atoms with van der Waals surface area (Å²) >= 11 is 0. The van der Waals surface area contributed by atoms with Crippen molar-refractivity contribution in [2.75, 3.05) is 11.4 Å². The molecule has 1 fully saturated rings. The van der Waals surface area contributed by atoms with Gasteiger partial charge in [-0.3, -0.25) is 0 Å². The van der Waals surface area contributed by atoms with Crippen molar-refractivity contribution >= 4 is 11.8 Å². The van der Waals surface area contributed by atoms with Crippen molar-refractivity contribution in [3.8, 4) is 0 Å². The van der Waals surface area contributed by atoms with E-state index in [4.69, 9.17) is 9.52 Å². The van der Waals surface area contributed by atoms with Crippen LogP contribution in [0, 0.1) is 5.92 Å². The molecule has 3 heterocycles. The van der Waals surface area contributed by atoms with Gasteiger partial charge >= 0.3 is 5.97 Å². The molecule has 2 unspecified atom stereocenters. The van der Waals surface area contributed by atoms with Gasteiger partial charge in [-0.25, -0.2) is 14.8 Å². The van der Waals surface area contributed by atoms with Crippen molar-refractivity contribution < 1.29 is 14.3 Å². The predicted octanol–water partition coefficient (Wildman–Crippen LogP) is 2.75. The molecule has 2 aromatic rings. The molecule has 21 heavy (non-hydrogen) atoms. The average molecular weight is 287 g/mol. The van der Waals surface area contributed by atoms with Crippen molar-refractivity contribution in [2.24, 2.45) is 5.92 Å². The van der Waals surface area contributed by atoms with E-state index >= 15 is 0 Å². The van der Waals surface area contributed by atoms with E-state index in [0.29, 0.717) is 11.7 Å². The SMILES string of the molecule is CC1CCN(c2cnc(C(=O)O)cn2)C(c2ccco2)C1. The normalized spacial score (nSPS) is 22.2. The molecule has 6 heteroatoms. The van der Waals surface area contributed by atoms with Gasteiger partial charge in [-0.2, -0.15) is 0 Å². The Hall–Kier alpha value is -2.37. The summed E-state index contributed by atoms with van der Waals surface area (Å²) < 4.78 is 5.55. The monoisotopic (exact) mass is 287 g/mol. The highest BCUT2D eigenvalue weighted by Gasteiger charge is 2.30. The average Bonchev–Trinajstić information content (AvgIpc) is 3.01. The van der Waals surface area contributed by atoms with Crippen LogP contribution in [0.15, 0.2) is 35.2 Å². The lowest BCUT2D eigenvalue weighted by atomic mass is 9.91. The first-order chi connectivity index (χ1) is 10.1. The molecule has 2 atom stereocenters. The lowest BCUT2D eigenvalue weighted by Crippen LogP contribution is -2.36. The molecular formula is C15H17N3O3. The molecule has 1 N–H and O–H groups in total. The van der Waals surface area contributed by atoms with E-state index in [1.807, 2.05) is 12.1 Å². The number of furan rings is 1. The van der Waals surface area contributed by atoms with Crippen LogP contribution in [-0.4, -0.2) is 27.6 Å². The smallest absolute Gasteiger partial charge is 0.356 e. The minimum absolute atomic E-state index is 0.0429. The summed E-state index contributed by atoms with van der Waals surface area (Å²) in [5, 5.41) is 8.89. The van der Waals surface area contributed by atoms with Crippen LogP contribution in [0.5, 0.6) is 0 Å². The third kappa shape index (κ3) is 2.74. The van der Waals surface area contributed by atoms with Crippen molar-refractivity contribution in [2.45, 2.75) is 25.8 Å². The maximum atomic E-state index is 10.9. The molecule has 0 aromatic carbocycles. The molecule has 1 aliphatic heterocycles. The molecule has 0 radical (unpaired) electrons. The highest BCUT2D eigenvalue weighted by molar-refractivity contribution is 5.84. The van der Waals surface area contributed by atoms with Crippen LogP contribution in [0.25, 0.3) is 0 Å². The fraction of sp³-hybridized carbons (Fsp3) is 0.400. The van der Waals surface area contributed by atoms with Crippen LogP contribution in [0.3, 0.4) is 0 Å². The molecule has 1 aliphatic rings. The molecule has 0 amide bonds. The number of hydrogen-bond acceptors (Lipinski definition) is 5. The Balaban J connectivity index is 1.89. The molecular weight excluding hydrogens is 270 g/mol. The van der Waals surface area contributed by atoms with Gasteiger partial charge in [-0.05, 0) is 30.9 Å². The Kier molecular flexibility index (Phi) is 3.60. The second kappa shape index (κ2) is 5.55. The highest BCUT2D eigenvalue weighted by Crippen LogP contribution is 2.36. The lowest BCUT2D eigenvalue weighted by Gasteiger charge is -2.38. The maximum Gasteiger partial charge on any atom is 0.356 e. The maximum absolute atomic E-state index is 10.9. The van der Waals surface area contributed by atoms with Gasteiger partial charge in [0, 0.05) is 6.54 Å². The Bertz CT molecular complexity index is 610. The number of aromatic nitrogens is 2. The number of piperidine rings is 1. The van der Waals surface area contributed by atoms with Gasteiger partial charge in [0.2, 0.25) is 0 Å². The van der Waals surface area contributed by atoms with Gasteiger partial charge in [0.1, 0.15) is 11.6 Å². The molecule has 3 rings (SSSR count). The lowest BCUT2D eigenvalue weighted by molar-refractivity contribution is 0.0690. The van der Waals surface area contributed by atoms with Gasteiger partial charge < -0.3 is 14.4 Å². The van der Waals surface area contributed by atoms with E-state index in [1.165, 1.54) is 12.4 Å². The quantitative estimate of drug-likeness (QED) is 0.935. The van der Waals surface area contributed by atoms with Gasteiger partial charge in [0.15, 0.2) is 5.69 Å². The van der Waals surface area contributed by atoms with E-state index in [9.17, 15) is 4.79 Å². The first-order valence-corrected chi connectivity index (χ1v) is 7.00. The number of anilines is 1. The fourth-order valence-corrected chi connectivity index (χ4v) is 2.75. The van der Waals surface area contributed by atoms with E-state index in [1.54, 1.807) is 6.26 Å². The standard InChI is InChI=1S/C15H17N3O3/c1-10-4-5-18(12(7-10)13-3-2-6-21-13)14-9-16-11(8-17-14)15(19)20/h2-3,6,8-10,12H,4-5,7H2,1H3,(H,19,20). The summed E-state index contributed by atoms with van der Waals surface area (Å²) in [6, 6.07) is 3.97. The Morgan fingerprint density at radius 3 is 2.90 bits per heavy atom. The van der Waals surface area contributed by atoms with Crippen LogP contribution in [0.4, 0.5) is 5.82 Å². The van der Waals surface area contributed by atoms with Crippen molar-refractivity contribution in [1.82, 2.24) is 9.97 Å². The zero-order valence-electron chi connectivity index (χ0n) is 11.8. The number of hydrogen-bond donors (Lipinski definition) is 1. The minimum Gasteiger partial charge on any atom is -0.476 e. The molecule has 6 nitrogen and oxygen atoms in total. The summed E-state index contributed by atoms with van der Waals surface area (Å²) in [6.07, 6.45) is 6.55. The Morgan fingerprint density at radius 1 is 1.43 bits per heavy atom. The molecule has 1 saturated heterocycles. The third-order valence-electron chi connectivity index (χ3n) is 3.89. The number of carboxylic acid groups (broad SMARTS) is 1. The number of rotatable bonds is 3. The summed E-state index contributed by atoms with van der Waals surface area (Å²) in [7, 11) is 0. The first kappa shape index (κ1) is 13.6. The summed E-state index contributed by atoms with van der Waals surface area (Å²) in [6.45, 7) is 3.08. The van der Waals surface area contributed by atoms with Crippen molar-refractivity contribution in [1.29, 1.82) is 0 Å². The molecule has 0 aliphatic carbocycles. The van der Waals surface area contributed by atoms with Crippen molar-refractivity contribution in [3.05, 3.63) is 42.2 Å². The number of carboxylic acids is 1. The third-order valence-corrected chi connectivity index (χ3v) is 3.89. The Labute approximate surface area is 122 Å². The second-order valence-corrected chi connectivity index (χ2v) is 5.42. The van der Waals surface area contributed by atoms with Crippen molar-refractivity contribution in [3.63, 3.8) is 0 Å². The molecule has 0 saturated carbocycles. The van der Waals surface area contributed by atoms with Gasteiger partial charge in [0.05, 0.1) is 24.7 Å². The zero-order chi connectivity index (χ0) is 14.8. The van der Waals surface area contributed by atoms with Gasteiger partial charge in [-0.1, -0.05) is 6.92 Å². The van der Waals surface area contributed by atoms with E-state index in [2.05, 4.69) is 21.8 Å². The van der Waals surface area contributed by atoms with Crippen LogP contribution < -0.4 is 4.90 Å². The highest BCUT2D eigenvalue weighted by atomic mass is 16.4. The number of aromatic carboxylic acids is 1. The number of carbonyl (C=O) groups is 1. The van der Waals surface area contributed by atoms with E-state index in [-0.39, 0.29) is 11.7 Å². The molecule has 0 spiro atoms. The van der Waals surface area contributed by atoms with Crippen LogP contribution in [-0.2, 0) is 0 Å². The largest absolute Gasteiger partial charge is 0.476 e. The van der Waals surface area contributed by atoms with Crippen LogP contribution in [0.1, 0.15) is 42.1 Å². The summed E-state index contributed by atoms with van der Waals surface area (Å²) in [5.74, 6) is 1.14. The van der Waals surface area contributed by atoms with Crippen LogP contribution >= 0.6 is 0 Å². The second-order valence-electron chi connectivity index (χ2n) is 5.42. The molecule has 0 bridgehead atoms. The summed E-state index contributed by atoms with van der Waals surface area (Å²) in [4.78, 5) is 21.2. The Morgan fingerprint density at radius 2 is 2.29 bits per heavy atom. The van der Waals surface area contributed by atoms with Gasteiger partial charge in [-0.15, -0.1) is 0 Å². The topological polar surface area (TPSA) is 79.5 Å². The molecule has 2 aromatic heterocycles. The number of nitrogens with zero attached hydrogens (tertiary/aromatic N) is 3. The molecule has 110 valence electrons. The van der Waals surface area contributed by atoms with Gasteiger partial charge in [0.25, 0.3) is 0 Å². The first-order valence-electron chi connectivity index (χ1n) is 7.00. The fourth-order valence-electron chi connectivity index (χ4n) is 2.75. The van der Waals surface area contributed by atoms with Crippen LogP contribution in [0.2, 0.25) is 0 Å². The van der Waals surface area contributed by atoms with E-state index < -0.39 is 5.97 Å². The van der Waals surface area contributed by atoms with E-state index in [0.717, 1.165) is 25.1 Å². The summed E-state index contributed by atoms with van der Waals surface area (Å²) in [5.41, 5.74) is -0.0429. The minimum atomic E-state index is -1.07.